The Hall–Kier alpha value is -0.603. The Kier molecular flexibility index (Phi) is 5.57. The molecule has 1 nitrogen and oxygen atoms in total. The number of rotatable bonds is 6. The first-order chi connectivity index (χ1) is 6.88. The first kappa shape index (κ1) is 11.5. The first-order valence-corrected chi connectivity index (χ1v) is 7.79. The molecule has 0 aliphatic heterocycles. The minimum absolute atomic E-state index is 0.672. The van der Waals surface area contributed by atoms with Crippen molar-refractivity contribution in [2.24, 2.45) is 0 Å². The Labute approximate surface area is 89.1 Å². The molecule has 1 N–H and O–H groups in total. The summed E-state index contributed by atoms with van der Waals surface area (Å²) in [5.74, 6) is 0. The van der Waals surface area contributed by atoms with Gasteiger partial charge in [0.25, 0.3) is 0 Å². The van der Waals surface area contributed by atoms with Crippen LogP contribution in [0, 0.1) is 0 Å². The zero-order valence-electron chi connectivity index (χ0n) is 9.29. The van der Waals surface area contributed by atoms with Crippen LogP contribution in [0.25, 0.3) is 0 Å². The van der Waals surface area contributed by atoms with Crippen molar-refractivity contribution in [2.45, 2.75) is 25.4 Å². The lowest BCUT2D eigenvalue weighted by atomic mass is 10.4. The van der Waals surface area contributed by atoms with Gasteiger partial charge in [-0.05, 0) is 19.6 Å². The van der Waals surface area contributed by atoms with Crippen LogP contribution in [0.4, 0.5) is 0 Å². The average Bonchev–Trinajstić information content (AvgIpc) is 2.25. The van der Waals surface area contributed by atoms with E-state index in [0.29, 0.717) is 0 Å². The zero-order chi connectivity index (χ0) is 10.2. The second-order valence-electron chi connectivity index (χ2n) is 3.79. The van der Waals surface area contributed by atoms with Gasteiger partial charge in [-0.2, -0.15) is 0 Å². The van der Waals surface area contributed by atoms with Gasteiger partial charge in [0.1, 0.15) is 0 Å². The molecule has 2 heteroatoms. The zero-order valence-corrected chi connectivity index (χ0v) is 10.4. The third kappa shape index (κ3) is 3.64. The lowest BCUT2D eigenvalue weighted by molar-refractivity contribution is 0.852. The summed E-state index contributed by atoms with van der Waals surface area (Å²) in [7, 11) is 1.37. The van der Waals surface area contributed by atoms with E-state index in [2.05, 4.69) is 42.6 Å². The topological polar surface area (TPSA) is 12.0 Å². The smallest absolute Gasteiger partial charge is 0.0720 e. The van der Waals surface area contributed by atoms with Crippen LogP contribution in [0.1, 0.15) is 13.3 Å². The van der Waals surface area contributed by atoms with E-state index in [0.717, 1.165) is 0 Å². The Morgan fingerprint density at radius 3 is 2.43 bits per heavy atom. The van der Waals surface area contributed by atoms with E-state index in [1.165, 1.54) is 25.1 Å². The molecule has 1 unspecified atom stereocenters. The van der Waals surface area contributed by atoms with Crippen LogP contribution in [-0.2, 0) is 0 Å². The van der Waals surface area contributed by atoms with Crippen molar-refractivity contribution in [3.05, 3.63) is 30.3 Å². The summed E-state index contributed by atoms with van der Waals surface area (Å²) in [6.07, 6.45) is 1.33. The van der Waals surface area contributed by atoms with Crippen LogP contribution >= 0.6 is 0 Å². The molecule has 0 aromatic heterocycles. The molecule has 0 fully saturated rings. The summed E-state index contributed by atoms with van der Waals surface area (Å²) in [6, 6.07) is 13.9. The number of nitrogens with one attached hydrogen (secondary N) is 1. The van der Waals surface area contributed by atoms with E-state index in [-0.39, 0.29) is 0 Å². The predicted octanol–water partition coefficient (Wildman–Crippen LogP) is 1.75. The fourth-order valence-electron chi connectivity index (χ4n) is 1.87. The summed E-state index contributed by atoms with van der Waals surface area (Å²) in [4.78, 5) is 0. The van der Waals surface area contributed by atoms with E-state index >= 15 is 0 Å². The van der Waals surface area contributed by atoms with E-state index < -0.39 is 8.80 Å². The quantitative estimate of drug-likeness (QED) is 0.701. The van der Waals surface area contributed by atoms with E-state index in [4.69, 9.17) is 0 Å². The molecule has 0 saturated carbocycles. The first-order valence-electron chi connectivity index (χ1n) is 5.58. The van der Waals surface area contributed by atoms with Crippen molar-refractivity contribution < 1.29 is 0 Å². The monoisotopic (exact) mass is 207 g/mol. The number of benzene rings is 1. The SMILES string of the molecule is CCC[SiH](CCNC)c1ccccc1. The van der Waals surface area contributed by atoms with E-state index in [9.17, 15) is 0 Å². The van der Waals surface area contributed by atoms with Gasteiger partial charge < -0.3 is 5.32 Å². The third-order valence-corrected chi connectivity index (χ3v) is 6.24. The molecule has 0 spiro atoms. The molecular formula is C12H21NSi. The van der Waals surface area contributed by atoms with E-state index in [1.54, 1.807) is 5.19 Å². The normalized spacial score (nSPS) is 12.7. The van der Waals surface area contributed by atoms with Crippen molar-refractivity contribution in [3.63, 3.8) is 0 Å². The highest BCUT2D eigenvalue weighted by atomic mass is 28.3. The Bertz CT molecular complexity index is 235. The van der Waals surface area contributed by atoms with Crippen molar-refractivity contribution in [1.29, 1.82) is 0 Å². The largest absolute Gasteiger partial charge is 0.320 e. The summed E-state index contributed by atoms with van der Waals surface area (Å²) in [5, 5.41) is 4.89. The highest BCUT2D eigenvalue weighted by Gasteiger charge is 2.10. The van der Waals surface area contributed by atoms with Crippen LogP contribution in [0.2, 0.25) is 12.1 Å². The highest BCUT2D eigenvalue weighted by molar-refractivity contribution is 6.73. The molecule has 1 aromatic rings. The molecule has 1 atom stereocenters. The lowest BCUT2D eigenvalue weighted by Gasteiger charge is -2.14. The highest BCUT2D eigenvalue weighted by Crippen LogP contribution is 2.03. The molecule has 0 heterocycles. The molecule has 14 heavy (non-hydrogen) atoms. The van der Waals surface area contributed by atoms with Gasteiger partial charge in [0, 0.05) is 0 Å². The van der Waals surface area contributed by atoms with Gasteiger partial charge >= 0.3 is 0 Å². The molecule has 0 saturated heterocycles. The fourth-order valence-corrected chi connectivity index (χ4v) is 4.93. The van der Waals surface area contributed by atoms with Gasteiger partial charge in [-0.1, -0.05) is 54.9 Å². The molecule has 0 bridgehead atoms. The van der Waals surface area contributed by atoms with Crippen LogP contribution in [0.3, 0.4) is 0 Å². The maximum absolute atomic E-state index is 3.26. The van der Waals surface area contributed by atoms with Crippen LogP contribution in [-0.4, -0.2) is 22.4 Å². The molecule has 78 valence electrons. The van der Waals surface area contributed by atoms with Gasteiger partial charge in [0.2, 0.25) is 0 Å². The van der Waals surface area contributed by atoms with Gasteiger partial charge in [0.15, 0.2) is 0 Å². The standard InChI is InChI=1S/C12H21NSi/c1-3-10-14(11-9-13-2)12-7-5-4-6-8-12/h4-8,13-14H,3,9-11H2,1-2H3. The van der Waals surface area contributed by atoms with Gasteiger partial charge in [0.05, 0.1) is 8.80 Å². The molecule has 0 amide bonds. The van der Waals surface area contributed by atoms with Gasteiger partial charge in [-0.15, -0.1) is 0 Å². The van der Waals surface area contributed by atoms with Crippen molar-refractivity contribution in [1.82, 2.24) is 5.32 Å². The Balaban J connectivity index is 2.58. The summed E-state index contributed by atoms with van der Waals surface area (Å²) in [5.41, 5.74) is 0. The van der Waals surface area contributed by atoms with E-state index in [1.807, 2.05) is 7.05 Å². The molecule has 0 aliphatic rings. The molecule has 0 aliphatic carbocycles. The molecular weight excluding hydrogens is 186 g/mol. The second-order valence-corrected chi connectivity index (χ2v) is 7.00. The van der Waals surface area contributed by atoms with Crippen molar-refractivity contribution in [2.75, 3.05) is 13.6 Å². The van der Waals surface area contributed by atoms with Crippen molar-refractivity contribution in [3.8, 4) is 0 Å². The maximum atomic E-state index is 3.26. The average molecular weight is 207 g/mol. The summed E-state index contributed by atoms with van der Waals surface area (Å²) >= 11 is 0. The maximum Gasteiger partial charge on any atom is 0.0720 e. The van der Waals surface area contributed by atoms with Gasteiger partial charge in [-0.3, -0.25) is 0 Å². The minimum Gasteiger partial charge on any atom is -0.320 e. The summed E-state index contributed by atoms with van der Waals surface area (Å²) in [6.45, 7) is 3.47. The van der Waals surface area contributed by atoms with Crippen molar-refractivity contribution >= 4 is 14.0 Å². The molecule has 1 aromatic carbocycles. The van der Waals surface area contributed by atoms with Crippen LogP contribution < -0.4 is 10.5 Å². The van der Waals surface area contributed by atoms with Crippen LogP contribution in [0.15, 0.2) is 30.3 Å². The second kappa shape index (κ2) is 6.79. The number of hydrogen-bond acceptors (Lipinski definition) is 1. The van der Waals surface area contributed by atoms with Gasteiger partial charge in [-0.25, -0.2) is 0 Å². The Morgan fingerprint density at radius 1 is 1.14 bits per heavy atom. The minimum atomic E-state index is -0.672. The molecule has 1 rings (SSSR count). The molecule has 0 radical (unpaired) electrons. The summed E-state index contributed by atoms with van der Waals surface area (Å²) < 4.78 is 0. The fraction of sp³-hybridized carbons (Fsp3) is 0.500. The third-order valence-electron chi connectivity index (χ3n) is 2.65. The predicted molar refractivity (Wildman–Crippen MR) is 67.1 cm³/mol. The number of hydrogen-bond donors (Lipinski definition) is 1. The van der Waals surface area contributed by atoms with Crippen LogP contribution in [0.5, 0.6) is 0 Å². The lowest BCUT2D eigenvalue weighted by Crippen LogP contribution is -2.32. The Morgan fingerprint density at radius 2 is 1.86 bits per heavy atom.